The average Bonchev–Trinajstić information content (AvgIpc) is 3.11. The summed E-state index contributed by atoms with van der Waals surface area (Å²) in [6.07, 6.45) is 5.06. The van der Waals surface area contributed by atoms with Crippen molar-refractivity contribution in [3.05, 3.63) is 65.9 Å². The first-order valence-electron chi connectivity index (χ1n) is 9.30. The molecule has 7 heteroatoms. The number of ether oxygens (including phenoxy) is 1. The van der Waals surface area contributed by atoms with Crippen LogP contribution in [0.3, 0.4) is 0 Å². The minimum absolute atomic E-state index is 0.650. The predicted molar refractivity (Wildman–Crippen MR) is 103 cm³/mol. The molecule has 1 N–H and O–H groups in total. The summed E-state index contributed by atoms with van der Waals surface area (Å²) < 4.78 is 7.63. The van der Waals surface area contributed by atoms with Crippen molar-refractivity contribution >= 4 is 5.82 Å². The van der Waals surface area contributed by atoms with Gasteiger partial charge < -0.3 is 10.1 Å². The fourth-order valence-electron chi connectivity index (χ4n) is 3.29. The minimum Gasteiger partial charge on any atom is -0.494 e. The smallest absolute Gasteiger partial charge is 0.144 e. The second kappa shape index (κ2) is 8.18. The fraction of sp³-hybridized carbons (Fsp3) is 0.350. The summed E-state index contributed by atoms with van der Waals surface area (Å²) in [5, 5.41) is 7.96. The number of benzene rings is 1. The molecule has 0 fully saturated rings. The molecule has 0 amide bonds. The first-order valence-corrected chi connectivity index (χ1v) is 9.30. The van der Waals surface area contributed by atoms with Crippen LogP contribution in [-0.2, 0) is 26.2 Å². The lowest BCUT2D eigenvalue weighted by Crippen LogP contribution is -2.33. The van der Waals surface area contributed by atoms with Crippen molar-refractivity contribution in [2.75, 3.05) is 18.5 Å². The maximum absolute atomic E-state index is 5.52. The largest absolute Gasteiger partial charge is 0.494 e. The monoisotopic (exact) mass is 364 g/mol. The Bertz CT molecular complexity index is 862. The van der Waals surface area contributed by atoms with Crippen LogP contribution < -0.4 is 10.1 Å². The molecule has 0 radical (unpaired) electrons. The topological polar surface area (TPSA) is 68.1 Å². The summed E-state index contributed by atoms with van der Waals surface area (Å²) in [7, 11) is 0. The third-order valence-electron chi connectivity index (χ3n) is 4.58. The van der Waals surface area contributed by atoms with E-state index in [1.807, 2.05) is 19.1 Å². The van der Waals surface area contributed by atoms with Gasteiger partial charge in [-0.15, -0.1) is 0 Å². The van der Waals surface area contributed by atoms with Crippen LogP contribution in [0.2, 0.25) is 0 Å². The molecule has 0 aliphatic carbocycles. The van der Waals surface area contributed by atoms with Crippen molar-refractivity contribution < 1.29 is 4.74 Å². The Kier molecular flexibility index (Phi) is 5.29. The SMILES string of the molecule is CCOc1ccc(CN2CCn3nc(CNc4cnccn4)cc3C2)cc1. The minimum atomic E-state index is 0.650. The maximum Gasteiger partial charge on any atom is 0.144 e. The standard InChI is InChI=1S/C20H24N6O/c1-2-27-19-5-3-16(4-6-19)14-25-9-10-26-18(15-25)11-17(24-26)12-23-20-13-21-7-8-22-20/h3-8,11,13H,2,9-10,12,14-15H2,1H3,(H,22,23). The lowest BCUT2D eigenvalue weighted by Gasteiger charge is -2.27. The van der Waals surface area contributed by atoms with Crippen LogP contribution in [0.15, 0.2) is 48.9 Å². The van der Waals surface area contributed by atoms with E-state index >= 15 is 0 Å². The lowest BCUT2D eigenvalue weighted by molar-refractivity contribution is 0.205. The van der Waals surface area contributed by atoms with Gasteiger partial charge in [-0.25, -0.2) is 4.98 Å². The number of hydrogen-bond acceptors (Lipinski definition) is 6. The highest BCUT2D eigenvalue weighted by atomic mass is 16.5. The Balaban J connectivity index is 1.34. The Morgan fingerprint density at radius 2 is 2.04 bits per heavy atom. The third kappa shape index (κ3) is 4.43. The van der Waals surface area contributed by atoms with Gasteiger partial charge in [0.05, 0.1) is 37.3 Å². The van der Waals surface area contributed by atoms with E-state index in [0.29, 0.717) is 13.2 Å². The number of nitrogens with one attached hydrogen (secondary N) is 1. The highest BCUT2D eigenvalue weighted by molar-refractivity contribution is 5.31. The molecule has 4 rings (SSSR count). The van der Waals surface area contributed by atoms with Crippen LogP contribution >= 0.6 is 0 Å². The number of fused-ring (bicyclic) bond motifs is 1. The van der Waals surface area contributed by atoms with E-state index < -0.39 is 0 Å². The van der Waals surface area contributed by atoms with Gasteiger partial charge in [-0.2, -0.15) is 5.10 Å². The van der Waals surface area contributed by atoms with Crippen LogP contribution in [0.1, 0.15) is 23.9 Å². The highest BCUT2D eigenvalue weighted by Gasteiger charge is 2.18. The zero-order chi connectivity index (χ0) is 18.5. The van der Waals surface area contributed by atoms with Crippen molar-refractivity contribution in [1.29, 1.82) is 0 Å². The van der Waals surface area contributed by atoms with E-state index in [1.165, 1.54) is 11.3 Å². The summed E-state index contributed by atoms with van der Waals surface area (Å²) in [5.74, 6) is 1.69. The van der Waals surface area contributed by atoms with Crippen LogP contribution in [0.4, 0.5) is 5.82 Å². The molecule has 1 aliphatic rings. The number of hydrogen-bond donors (Lipinski definition) is 1. The molecular weight excluding hydrogens is 340 g/mol. The molecule has 140 valence electrons. The zero-order valence-corrected chi connectivity index (χ0v) is 15.5. The molecule has 1 aliphatic heterocycles. The van der Waals surface area contributed by atoms with Crippen molar-refractivity contribution in [3.63, 3.8) is 0 Å². The van der Waals surface area contributed by atoms with Crippen molar-refractivity contribution in [3.8, 4) is 5.75 Å². The molecule has 3 aromatic rings. The summed E-state index contributed by atoms with van der Waals surface area (Å²) >= 11 is 0. The van der Waals surface area contributed by atoms with E-state index in [4.69, 9.17) is 9.84 Å². The Morgan fingerprint density at radius 1 is 1.15 bits per heavy atom. The molecule has 0 saturated heterocycles. The summed E-state index contributed by atoms with van der Waals surface area (Å²) in [6, 6.07) is 10.6. The number of aromatic nitrogens is 4. The molecule has 0 unspecified atom stereocenters. The van der Waals surface area contributed by atoms with Crippen molar-refractivity contribution in [1.82, 2.24) is 24.6 Å². The van der Waals surface area contributed by atoms with Crippen LogP contribution in [0, 0.1) is 0 Å². The summed E-state index contributed by atoms with van der Waals surface area (Å²) in [5.41, 5.74) is 3.58. The highest BCUT2D eigenvalue weighted by Crippen LogP contribution is 2.18. The molecule has 3 heterocycles. The van der Waals surface area contributed by atoms with Gasteiger partial charge in [0.1, 0.15) is 11.6 Å². The van der Waals surface area contributed by atoms with E-state index in [1.54, 1.807) is 18.6 Å². The van der Waals surface area contributed by atoms with Gasteiger partial charge in [0.15, 0.2) is 0 Å². The Hall–Kier alpha value is -2.93. The quantitative estimate of drug-likeness (QED) is 0.695. The lowest BCUT2D eigenvalue weighted by atomic mass is 10.2. The number of anilines is 1. The van der Waals surface area contributed by atoms with E-state index in [-0.39, 0.29) is 0 Å². The molecule has 0 atom stereocenters. The summed E-state index contributed by atoms with van der Waals surface area (Å²) in [4.78, 5) is 10.7. The van der Waals surface area contributed by atoms with Crippen LogP contribution in [0.5, 0.6) is 5.75 Å². The summed E-state index contributed by atoms with van der Waals surface area (Å²) in [6.45, 7) is 7.11. The third-order valence-corrected chi connectivity index (χ3v) is 4.58. The van der Waals surface area contributed by atoms with Gasteiger partial charge in [-0.3, -0.25) is 14.6 Å². The average molecular weight is 364 g/mol. The number of nitrogens with zero attached hydrogens (tertiary/aromatic N) is 5. The predicted octanol–water partition coefficient (Wildman–Crippen LogP) is 2.70. The first-order chi connectivity index (χ1) is 13.3. The van der Waals surface area contributed by atoms with Gasteiger partial charge in [-0.1, -0.05) is 12.1 Å². The van der Waals surface area contributed by atoms with Gasteiger partial charge >= 0.3 is 0 Å². The van der Waals surface area contributed by atoms with Crippen LogP contribution in [-0.4, -0.2) is 37.8 Å². The van der Waals surface area contributed by atoms with E-state index in [2.05, 4.69) is 43.1 Å². The normalized spacial score (nSPS) is 14.0. The molecule has 0 bridgehead atoms. The second-order valence-electron chi connectivity index (χ2n) is 6.58. The molecule has 2 aromatic heterocycles. The molecule has 27 heavy (non-hydrogen) atoms. The molecular formula is C20H24N6O. The molecule has 1 aromatic carbocycles. The first kappa shape index (κ1) is 17.5. The maximum atomic E-state index is 5.52. The Morgan fingerprint density at radius 3 is 2.81 bits per heavy atom. The van der Waals surface area contributed by atoms with Gasteiger partial charge in [0.25, 0.3) is 0 Å². The second-order valence-corrected chi connectivity index (χ2v) is 6.58. The fourth-order valence-corrected chi connectivity index (χ4v) is 3.29. The van der Waals surface area contributed by atoms with Gasteiger partial charge in [-0.05, 0) is 30.7 Å². The number of rotatable bonds is 7. The molecule has 7 nitrogen and oxygen atoms in total. The van der Waals surface area contributed by atoms with Gasteiger partial charge in [0.2, 0.25) is 0 Å². The van der Waals surface area contributed by atoms with Crippen molar-refractivity contribution in [2.24, 2.45) is 0 Å². The van der Waals surface area contributed by atoms with Gasteiger partial charge in [0, 0.05) is 32.0 Å². The molecule has 0 saturated carbocycles. The molecule has 0 spiro atoms. The van der Waals surface area contributed by atoms with Crippen LogP contribution in [0.25, 0.3) is 0 Å². The van der Waals surface area contributed by atoms with E-state index in [0.717, 1.165) is 43.4 Å². The van der Waals surface area contributed by atoms with E-state index in [9.17, 15) is 0 Å². The van der Waals surface area contributed by atoms with Crippen molar-refractivity contribution in [2.45, 2.75) is 33.1 Å². The zero-order valence-electron chi connectivity index (χ0n) is 15.5. The Labute approximate surface area is 159 Å².